The van der Waals surface area contributed by atoms with Crippen molar-refractivity contribution < 1.29 is 28.8 Å². The first-order valence-corrected chi connectivity index (χ1v) is 5.53. The molecule has 1 saturated heterocycles. The molecule has 4 atom stereocenters. The first-order valence-electron chi connectivity index (χ1n) is 5.53. The zero-order valence-corrected chi connectivity index (χ0v) is 9.68. The second-order valence-corrected chi connectivity index (χ2v) is 4.38. The molecule has 2 rings (SSSR count). The molecule has 0 bridgehead atoms. The fourth-order valence-corrected chi connectivity index (χ4v) is 2.05. The van der Waals surface area contributed by atoms with Crippen LogP contribution in [0, 0.1) is 18.6 Å². The van der Waals surface area contributed by atoms with E-state index >= 15 is 0 Å². The lowest BCUT2D eigenvalue weighted by molar-refractivity contribution is -0.0237. The van der Waals surface area contributed by atoms with E-state index in [0.29, 0.717) is 6.07 Å². The van der Waals surface area contributed by atoms with Gasteiger partial charge in [-0.1, -0.05) is 0 Å². The maximum Gasteiger partial charge on any atom is 0.132 e. The zero-order chi connectivity index (χ0) is 13.4. The predicted octanol–water partition coefficient (Wildman–Crippen LogP) is 0.427. The monoisotopic (exact) mass is 260 g/mol. The van der Waals surface area contributed by atoms with Gasteiger partial charge in [0.15, 0.2) is 0 Å². The molecular weight excluding hydrogens is 246 g/mol. The van der Waals surface area contributed by atoms with E-state index in [1.165, 1.54) is 13.0 Å². The Hall–Kier alpha value is -1.08. The van der Waals surface area contributed by atoms with Crippen LogP contribution in [0.5, 0.6) is 0 Å². The first kappa shape index (κ1) is 13.4. The van der Waals surface area contributed by atoms with Gasteiger partial charge in [-0.3, -0.25) is 0 Å². The van der Waals surface area contributed by atoms with E-state index in [2.05, 4.69) is 0 Å². The summed E-state index contributed by atoms with van der Waals surface area (Å²) < 4.78 is 32.0. The topological polar surface area (TPSA) is 69.9 Å². The molecule has 0 aliphatic carbocycles. The van der Waals surface area contributed by atoms with Crippen LogP contribution in [0.2, 0.25) is 0 Å². The van der Waals surface area contributed by atoms with E-state index in [9.17, 15) is 19.0 Å². The summed E-state index contributed by atoms with van der Waals surface area (Å²) in [7, 11) is 0. The summed E-state index contributed by atoms with van der Waals surface area (Å²) in [4.78, 5) is 0. The summed E-state index contributed by atoms with van der Waals surface area (Å²) >= 11 is 0. The van der Waals surface area contributed by atoms with E-state index in [1.54, 1.807) is 0 Å². The number of ether oxygens (including phenoxy) is 1. The Kier molecular flexibility index (Phi) is 3.63. The number of rotatable bonds is 2. The summed E-state index contributed by atoms with van der Waals surface area (Å²) in [6.07, 6.45) is -4.75. The Morgan fingerprint density at radius 3 is 2.39 bits per heavy atom. The summed E-state index contributed by atoms with van der Waals surface area (Å²) in [6.45, 7) is 0.968. The normalized spacial score (nSPS) is 31.9. The molecule has 0 aromatic heterocycles. The Morgan fingerprint density at radius 2 is 1.83 bits per heavy atom. The molecule has 0 spiro atoms. The average molecular weight is 260 g/mol. The highest BCUT2D eigenvalue weighted by atomic mass is 19.1. The van der Waals surface area contributed by atoms with Crippen LogP contribution in [0.15, 0.2) is 12.1 Å². The first-order chi connectivity index (χ1) is 8.45. The summed E-state index contributed by atoms with van der Waals surface area (Å²) in [5.74, 6) is -1.55. The second kappa shape index (κ2) is 4.89. The van der Waals surface area contributed by atoms with Gasteiger partial charge in [0.25, 0.3) is 0 Å². The van der Waals surface area contributed by atoms with Gasteiger partial charge < -0.3 is 20.1 Å². The number of benzene rings is 1. The van der Waals surface area contributed by atoms with Crippen molar-refractivity contribution in [2.45, 2.75) is 31.3 Å². The van der Waals surface area contributed by atoms with Gasteiger partial charge in [-0.25, -0.2) is 8.78 Å². The molecule has 1 aromatic rings. The molecule has 3 N–H and O–H groups in total. The standard InChI is InChI=1S/C12H14F2O4/c1-5-2-6(8(14)3-7(5)13)12-11(17)10(16)9(4-15)18-12/h2-3,9-12,15-17H,4H2,1H3/t9-,10+,11?,12+/m1/s1. The number of aliphatic hydroxyl groups excluding tert-OH is 3. The van der Waals surface area contributed by atoms with Gasteiger partial charge in [-0.15, -0.1) is 0 Å². The highest BCUT2D eigenvalue weighted by molar-refractivity contribution is 5.29. The molecule has 1 aromatic carbocycles. The van der Waals surface area contributed by atoms with Gasteiger partial charge in [0, 0.05) is 11.6 Å². The van der Waals surface area contributed by atoms with E-state index in [1.807, 2.05) is 0 Å². The van der Waals surface area contributed by atoms with Gasteiger partial charge in [0.2, 0.25) is 0 Å². The van der Waals surface area contributed by atoms with Crippen LogP contribution < -0.4 is 0 Å². The van der Waals surface area contributed by atoms with Crippen LogP contribution >= 0.6 is 0 Å². The molecule has 100 valence electrons. The Labute approximate surface area is 102 Å². The van der Waals surface area contributed by atoms with E-state index in [0.717, 1.165) is 0 Å². The lowest BCUT2D eigenvalue weighted by Crippen LogP contribution is -2.32. The maximum atomic E-state index is 13.6. The molecule has 1 aliphatic heterocycles. The fourth-order valence-electron chi connectivity index (χ4n) is 2.05. The number of aryl methyl sites for hydroxylation is 1. The Morgan fingerprint density at radius 1 is 1.17 bits per heavy atom. The van der Waals surface area contributed by atoms with E-state index in [4.69, 9.17) is 9.84 Å². The highest BCUT2D eigenvalue weighted by Gasteiger charge is 2.44. The third kappa shape index (κ3) is 2.12. The zero-order valence-electron chi connectivity index (χ0n) is 9.68. The lowest BCUT2D eigenvalue weighted by Gasteiger charge is -2.16. The quantitative estimate of drug-likeness (QED) is 0.721. The van der Waals surface area contributed by atoms with Gasteiger partial charge in [-0.2, -0.15) is 0 Å². The van der Waals surface area contributed by atoms with Gasteiger partial charge in [-0.05, 0) is 18.6 Å². The van der Waals surface area contributed by atoms with E-state index < -0.39 is 42.7 Å². The van der Waals surface area contributed by atoms with Crippen molar-refractivity contribution in [1.29, 1.82) is 0 Å². The van der Waals surface area contributed by atoms with E-state index in [-0.39, 0.29) is 11.1 Å². The van der Waals surface area contributed by atoms with Crippen molar-refractivity contribution in [2.24, 2.45) is 0 Å². The smallest absolute Gasteiger partial charge is 0.132 e. The SMILES string of the molecule is Cc1cc([C@@H]2O[C@H](CO)[C@H](O)C2O)c(F)cc1F. The van der Waals surface area contributed by atoms with Crippen LogP contribution in [-0.2, 0) is 4.74 Å². The highest BCUT2D eigenvalue weighted by Crippen LogP contribution is 2.35. The van der Waals surface area contributed by atoms with Crippen LogP contribution in [0.4, 0.5) is 8.78 Å². The maximum absolute atomic E-state index is 13.6. The molecule has 1 fully saturated rings. The fraction of sp³-hybridized carbons (Fsp3) is 0.500. The number of hydrogen-bond donors (Lipinski definition) is 3. The van der Waals surface area contributed by atoms with Crippen LogP contribution in [0.25, 0.3) is 0 Å². The molecule has 0 amide bonds. The number of hydrogen-bond acceptors (Lipinski definition) is 4. The third-order valence-electron chi connectivity index (χ3n) is 3.13. The second-order valence-electron chi connectivity index (χ2n) is 4.38. The van der Waals surface area contributed by atoms with Crippen LogP contribution in [-0.4, -0.2) is 40.2 Å². The molecule has 1 heterocycles. The van der Waals surface area contributed by atoms with Crippen LogP contribution in [0.3, 0.4) is 0 Å². The van der Waals surface area contributed by atoms with Crippen molar-refractivity contribution in [3.8, 4) is 0 Å². The minimum Gasteiger partial charge on any atom is -0.394 e. The average Bonchev–Trinajstić information content (AvgIpc) is 2.61. The minimum absolute atomic E-state index is 0.0311. The minimum atomic E-state index is -1.36. The molecule has 4 nitrogen and oxygen atoms in total. The molecule has 1 unspecified atom stereocenters. The summed E-state index contributed by atoms with van der Waals surface area (Å²) in [6, 6.07) is 1.93. The van der Waals surface area contributed by atoms with Crippen molar-refractivity contribution >= 4 is 0 Å². The molecule has 0 saturated carbocycles. The van der Waals surface area contributed by atoms with Crippen LogP contribution in [0.1, 0.15) is 17.2 Å². The molecule has 0 radical (unpaired) electrons. The predicted molar refractivity (Wildman–Crippen MR) is 57.8 cm³/mol. The lowest BCUT2D eigenvalue weighted by atomic mass is 9.99. The van der Waals surface area contributed by atoms with Gasteiger partial charge >= 0.3 is 0 Å². The largest absolute Gasteiger partial charge is 0.394 e. The van der Waals surface area contributed by atoms with Crippen molar-refractivity contribution in [2.75, 3.05) is 6.61 Å². The van der Waals surface area contributed by atoms with Crippen molar-refractivity contribution in [3.05, 3.63) is 34.9 Å². The number of aliphatic hydroxyl groups is 3. The Bertz CT molecular complexity index is 452. The molecule has 1 aliphatic rings. The molecule has 18 heavy (non-hydrogen) atoms. The van der Waals surface area contributed by atoms with Gasteiger partial charge in [0.1, 0.15) is 36.1 Å². The Balaban J connectivity index is 2.35. The summed E-state index contributed by atoms with van der Waals surface area (Å²) in [5, 5.41) is 28.3. The number of halogens is 2. The van der Waals surface area contributed by atoms with Crippen molar-refractivity contribution in [3.63, 3.8) is 0 Å². The summed E-state index contributed by atoms with van der Waals surface area (Å²) in [5.41, 5.74) is 0.181. The molecular formula is C12H14F2O4. The van der Waals surface area contributed by atoms with Crippen molar-refractivity contribution in [1.82, 2.24) is 0 Å². The van der Waals surface area contributed by atoms with Gasteiger partial charge in [0.05, 0.1) is 6.61 Å². The molecule has 6 heteroatoms. The third-order valence-corrected chi connectivity index (χ3v) is 3.13.